The lowest BCUT2D eigenvalue weighted by molar-refractivity contribution is -0.149. The highest BCUT2D eigenvalue weighted by Crippen LogP contribution is 2.81. The third-order valence-corrected chi connectivity index (χ3v) is 12.1. The molecule has 0 aromatic heterocycles. The number of ketones is 2. The summed E-state index contributed by atoms with van der Waals surface area (Å²) in [6.07, 6.45) is 5.07. The highest BCUT2D eigenvalue weighted by Gasteiger charge is 2.82. The summed E-state index contributed by atoms with van der Waals surface area (Å²) in [6, 6.07) is 0. The first kappa shape index (κ1) is 22.7. The monoisotopic (exact) mass is 490 g/mol. The fraction of sp³-hybridized carbons (Fsp3) is 0.667. The number of hydrogen-bond donors (Lipinski definition) is 0. The van der Waals surface area contributed by atoms with Gasteiger partial charge in [-0.2, -0.15) is 0 Å². The molecule has 1 spiro atoms. The maximum absolute atomic E-state index is 14.4. The SMILES string of the molecule is C=C1C(=O)O[C@@H]2C[C@H](C)[C@@]34CC(=O)[C@@](C)(C[C@@]35C(=O)C=C3[C@H]5C[C@H]5C(=C)C(=O)O[C@H]5C[C@@H]3C)[C@@H]4C[C@H]12. The van der Waals surface area contributed by atoms with Crippen molar-refractivity contribution >= 4 is 23.5 Å². The first-order valence-electron chi connectivity index (χ1n) is 13.5. The molecule has 6 heteroatoms. The standard InChI is InChI=1S/C30H34O6/c1-13-6-21-18(15(3)26(33)35-21)8-20-17(13)10-24(31)30(20)12-28(5)23-9-19-16(4)27(34)36-22(19)7-14(2)29(23,30)11-25(28)32/h10,13-14,18-23H,3-4,6-9,11-12H2,1-2,5H3/t13-,14-,18-,19+,20+,21-,22+,23-,28-,29+,30+/m0/s1. The summed E-state index contributed by atoms with van der Waals surface area (Å²) in [6.45, 7) is 14.5. The van der Waals surface area contributed by atoms with Crippen molar-refractivity contribution in [2.75, 3.05) is 0 Å². The van der Waals surface area contributed by atoms with E-state index in [9.17, 15) is 19.2 Å². The molecule has 0 N–H and O–H groups in total. The van der Waals surface area contributed by atoms with Crippen LogP contribution in [0.3, 0.4) is 0 Å². The second-order valence-electron chi connectivity index (χ2n) is 13.2. The van der Waals surface area contributed by atoms with Crippen LogP contribution in [-0.4, -0.2) is 35.7 Å². The molecule has 5 aliphatic carbocycles. The number of ether oxygens (including phenoxy) is 2. The molecular weight excluding hydrogens is 456 g/mol. The second-order valence-corrected chi connectivity index (χ2v) is 13.2. The van der Waals surface area contributed by atoms with Crippen LogP contribution in [0.25, 0.3) is 0 Å². The van der Waals surface area contributed by atoms with Crippen LogP contribution in [0.1, 0.15) is 59.3 Å². The van der Waals surface area contributed by atoms with Gasteiger partial charge in [0, 0.05) is 40.2 Å². The van der Waals surface area contributed by atoms with E-state index in [4.69, 9.17) is 9.47 Å². The Kier molecular flexibility index (Phi) is 4.21. The first-order valence-corrected chi connectivity index (χ1v) is 13.5. The molecule has 2 aliphatic heterocycles. The maximum Gasteiger partial charge on any atom is 0.334 e. The van der Waals surface area contributed by atoms with Crippen LogP contribution < -0.4 is 0 Å². The van der Waals surface area contributed by atoms with Gasteiger partial charge in [0.2, 0.25) is 0 Å². The normalized spacial score (nSPS) is 52.9. The Hall–Kier alpha value is -2.50. The predicted molar refractivity (Wildman–Crippen MR) is 129 cm³/mol. The molecule has 2 saturated heterocycles. The van der Waals surface area contributed by atoms with Crippen LogP contribution in [0.5, 0.6) is 0 Å². The van der Waals surface area contributed by atoms with E-state index in [1.807, 2.05) is 6.08 Å². The zero-order chi connectivity index (χ0) is 25.5. The molecule has 190 valence electrons. The minimum Gasteiger partial charge on any atom is -0.458 e. The quantitative estimate of drug-likeness (QED) is 0.375. The molecule has 0 aromatic carbocycles. The molecule has 11 atom stereocenters. The number of esters is 2. The van der Waals surface area contributed by atoms with Gasteiger partial charge < -0.3 is 9.47 Å². The van der Waals surface area contributed by atoms with E-state index in [0.717, 1.165) is 0 Å². The second kappa shape index (κ2) is 6.68. The Morgan fingerprint density at radius 1 is 0.889 bits per heavy atom. The van der Waals surface area contributed by atoms with E-state index < -0.39 is 16.2 Å². The molecule has 2 bridgehead atoms. The molecule has 2 heterocycles. The van der Waals surface area contributed by atoms with E-state index in [-0.39, 0.29) is 71.2 Å². The summed E-state index contributed by atoms with van der Waals surface area (Å²) < 4.78 is 11.5. The van der Waals surface area contributed by atoms with Gasteiger partial charge in [0.05, 0.1) is 0 Å². The summed E-state index contributed by atoms with van der Waals surface area (Å²) in [4.78, 5) is 52.9. The minimum atomic E-state index is -0.686. The Labute approximate surface area is 211 Å². The van der Waals surface area contributed by atoms with Gasteiger partial charge in [-0.3, -0.25) is 9.59 Å². The minimum absolute atomic E-state index is 0.00975. The number of fused-ring (bicyclic) bond motifs is 4. The van der Waals surface area contributed by atoms with Crippen LogP contribution >= 0.6 is 0 Å². The number of Topliss-reactive ketones (excluding diaryl/α,β-unsaturated/α-hetero) is 1. The largest absolute Gasteiger partial charge is 0.458 e. The summed E-state index contributed by atoms with van der Waals surface area (Å²) in [5.41, 5.74) is 0.397. The van der Waals surface area contributed by atoms with Crippen molar-refractivity contribution in [2.24, 2.45) is 51.8 Å². The number of rotatable bonds is 0. The molecule has 36 heavy (non-hydrogen) atoms. The average molecular weight is 491 g/mol. The average Bonchev–Trinajstić information content (AvgIpc) is 3.42. The van der Waals surface area contributed by atoms with Crippen molar-refractivity contribution in [3.63, 3.8) is 0 Å². The van der Waals surface area contributed by atoms with E-state index >= 15 is 0 Å². The molecule has 0 aromatic rings. The smallest absolute Gasteiger partial charge is 0.334 e. The molecule has 7 aliphatic rings. The van der Waals surface area contributed by atoms with Crippen LogP contribution in [0, 0.1) is 51.8 Å². The summed E-state index contributed by atoms with van der Waals surface area (Å²) in [7, 11) is 0. The van der Waals surface area contributed by atoms with Crippen LogP contribution in [0.4, 0.5) is 0 Å². The highest BCUT2D eigenvalue weighted by molar-refractivity contribution is 6.04. The van der Waals surface area contributed by atoms with Gasteiger partial charge in [-0.15, -0.1) is 0 Å². The summed E-state index contributed by atoms with van der Waals surface area (Å²) >= 11 is 0. The van der Waals surface area contributed by atoms with Gasteiger partial charge >= 0.3 is 11.9 Å². The Morgan fingerprint density at radius 3 is 2.17 bits per heavy atom. The van der Waals surface area contributed by atoms with Gasteiger partial charge in [-0.1, -0.05) is 39.5 Å². The number of hydrogen-bond acceptors (Lipinski definition) is 6. The highest BCUT2D eigenvalue weighted by atomic mass is 16.6. The molecular formula is C30H34O6. The lowest BCUT2D eigenvalue weighted by Crippen LogP contribution is -2.53. The van der Waals surface area contributed by atoms with Crippen molar-refractivity contribution in [1.29, 1.82) is 0 Å². The fourth-order valence-electron chi connectivity index (χ4n) is 10.5. The Bertz CT molecular complexity index is 1230. The van der Waals surface area contributed by atoms with Crippen molar-refractivity contribution in [3.8, 4) is 0 Å². The van der Waals surface area contributed by atoms with Gasteiger partial charge in [0.25, 0.3) is 0 Å². The molecule has 0 unspecified atom stereocenters. The molecule has 6 nitrogen and oxygen atoms in total. The van der Waals surface area contributed by atoms with Crippen LogP contribution in [0.2, 0.25) is 0 Å². The zero-order valence-corrected chi connectivity index (χ0v) is 21.3. The van der Waals surface area contributed by atoms with Gasteiger partial charge in [0.1, 0.15) is 18.0 Å². The van der Waals surface area contributed by atoms with Crippen molar-refractivity contribution in [3.05, 3.63) is 36.0 Å². The lowest BCUT2D eigenvalue weighted by Gasteiger charge is -2.52. The van der Waals surface area contributed by atoms with E-state index in [1.54, 1.807) is 0 Å². The molecule has 4 saturated carbocycles. The van der Waals surface area contributed by atoms with Crippen molar-refractivity contribution in [2.45, 2.75) is 71.5 Å². The zero-order valence-electron chi connectivity index (χ0n) is 21.3. The molecule has 6 fully saturated rings. The summed E-state index contributed by atoms with van der Waals surface area (Å²) in [5.74, 6) is -0.320. The van der Waals surface area contributed by atoms with Gasteiger partial charge in [-0.05, 0) is 67.3 Å². The first-order chi connectivity index (χ1) is 17.0. The molecule has 0 amide bonds. The lowest BCUT2D eigenvalue weighted by atomic mass is 9.49. The van der Waals surface area contributed by atoms with Crippen LogP contribution in [-0.2, 0) is 28.7 Å². The number of carbonyl (C=O) groups is 4. The van der Waals surface area contributed by atoms with E-state index in [0.29, 0.717) is 49.7 Å². The summed E-state index contributed by atoms with van der Waals surface area (Å²) in [5, 5.41) is 0. The van der Waals surface area contributed by atoms with Gasteiger partial charge in [0.15, 0.2) is 5.78 Å². The molecule has 7 rings (SSSR count). The molecule has 0 radical (unpaired) electrons. The fourth-order valence-corrected chi connectivity index (χ4v) is 10.5. The van der Waals surface area contributed by atoms with Crippen molar-refractivity contribution in [1.82, 2.24) is 0 Å². The van der Waals surface area contributed by atoms with Gasteiger partial charge in [-0.25, -0.2) is 9.59 Å². The number of allylic oxidation sites excluding steroid dienone is 2. The topological polar surface area (TPSA) is 86.7 Å². The Balaban J connectivity index is 1.40. The van der Waals surface area contributed by atoms with E-state index in [2.05, 4.69) is 33.9 Å². The predicted octanol–water partition coefficient (Wildman–Crippen LogP) is 4.14. The third-order valence-electron chi connectivity index (χ3n) is 12.1. The Morgan fingerprint density at radius 2 is 1.50 bits per heavy atom. The van der Waals surface area contributed by atoms with E-state index in [1.165, 1.54) is 5.57 Å². The van der Waals surface area contributed by atoms with Crippen molar-refractivity contribution < 1.29 is 28.7 Å². The third kappa shape index (κ3) is 2.27. The maximum atomic E-state index is 14.4. The van der Waals surface area contributed by atoms with Crippen LogP contribution in [0.15, 0.2) is 36.0 Å². The number of carbonyl (C=O) groups excluding carboxylic acids is 4.